The second kappa shape index (κ2) is 11.3. The van der Waals surface area contributed by atoms with E-state index < -0.39 is 0 Å². The number of pyridine rings is 2. The van der Waals surface area contributed by atoms with Crippen LogP contribution < -0.4 is 0 Å². The molecule has 5 aromatic heterocycles. The molecule has 7 nitrogen and oxygen atoms in total. The van der Waals surface area contributed by atoms with Crippen LogP contribution in [0.1, 0.15) is 0 Å². The Bertz CT molecular complexity index is 2800. The number of benzene rings is 5. The Morgan fingerprint density at radius 1 is 0.360 bits per heavy atom. The molecule has 0 aliphatic heterocycles. The van der Waals surface area contributed by atoms with Gasteiger partial charge in [0.15, 0.2) is 11.6 Å². The number of para-hydroxylation sites is 1. The highest BCUT2D eigenvalue weighted by molar-refractivity contribution is 6.12. The molecule has 0 amide bonds. The Kier molecular flexibility index (Phi) is 6.35. The smallest absolute Gasteiger partial charge is 0.238 e. The normalized spacial score (nSPS) is 11.6. The van der Waals surface area contributed by atoms with Crippen LogP contribution in [-0.2, 0) is 0 Å². The summed E-state index contributed by atoms with van der Waals surface area (Å²) >= 11 is 0. The van der Waals surface area contributed by atoms with E-state index in [2.05, 4.69) is 91.9 Å². The SMILES string of the molecule is c1ccc(-c2nc(-c3ccccc3)nc(-n3c4ccc(-c5ccc6c(c5)c5cnccc5n6-c5ccccc5)cc4c4ccncc43)n2)cc1. The van der Waals surface area contributed by atoms with E-state index in [-0.39, 0.29) is 0 Å². The first-order valence-corrected chi connectivity index (χ1v) is 16.5. The molecule has 0 spiro atoms. The highest BCUT2D eigenvalue weighted by Gasteiger charge is 2.19. The zero-order valence-electron chi connectivity index (χ0n) is 26.7. The van der Waals surface area contributed by atoms with Gasteiger partial charge in [-0.2, -0.15) is 9.97 Å². The molecule has 0 N–H and O–H groups in total. The summed E-state index contributed by atoms with van der Waals surface area (Å²) in [6.07, 6.45) is 7.56. The molecule has 5 heterocycles. The molecule has 50 heavy (non-hydrogen) atoms. The van der Waals surface area contributed by atoms with Gasteiger partial charge in [0, 0.05) is 56.9 Å². The molecule has 0 saturated heterocycles. The fraction of sp³-hybridized carbons (Fsp3) is 0. The summed E-state index contributed by atoms with van der Waals surface area (Å²) < 4.78 is 4.41. The monoisotopic (exact) mass is 641 g/mol. The molecule has 0 fully saturated rings. The topological polar surface area (TPSA) is 74.3 Å². The van der Waals surface area contributed by atoms with Crippen molar-refractivity contribution < 1.29 is 0 Å². The number of rotatable bonds is 5. The second-order valence-corrected chi connectivity index (χ2v) is 12.3. The third-order valence-electron chi connectivity index (χ3n) is 9.37. The van der Waals surface area contributed by atoms with Crippen molar-refractivity contribution in [3.63, 3.8) is 0 Å². The highest BCUT2D eigenvalue weighted by Crippen LogP contribution is 2.38. The van der Waals surface area contributed by atoms with Crippen molar-refractivity contribution in [1.82, 2.24) is 34.1 Å². The van der Waals surface area contributed by atoms with Gasteiger partial charge in [0.1, 0.15) is 0 Å². The van der Waals surface area contributed by atoms with Crippen LogP contribution in [0.3, 0.4) is 0 Å². The maximum atomic E-state index is 5.05. The summed E-state index contributed by atoms with van der Waals surface area (Å²) in [6.45, 7) is 0. The van der Waals surface area contributed by atoms with Gasteiger partial charge in [-0.25, -0.2) is 4.98 Å². The molecule has 7 heteroatoms. The van der Waals surface area contributed by atoms with Crippen LogP contribution >= 0.6 is 0 Å². The molecule has 0 radical (unpaired) electrons. The van der Waals surface area contributed by atoms with Crippen LogP contribution in [0.15, 0.2) is 164 Å². The molecule has 0 aliphatic rings. The summed E-state index contributed by atoms with van der Waals surface area (Å²) in [5.74, 6) is 1.77. The Hall–Kier alpha value is -6.99. The molecule has 0 unspecified atom stereocenters. The average molecular weight is 642 g/mol. The lowest BCUT2D eigenvalue weighted by Crippen LogP contribution is -2.06. The van der Waals surface area contributed by atoms with Crippen LogP contribution in [-0.4, -0.2) is 34.1 Å². The predicted molar refractivity (Wildman–Crippen MR) is 200 cm³/mol. The Labute approximate surface area is 286 Å². The number of nitrogens with zero attached hydrogens (tertiary/aromatic N) is 7. The Balaban J connectivity index is 1.17. The fourth-order valence-corrected chi connectivity index (χ4v) is 7.06. The lowest BCUT2D eigenvalue weighted by Gasteiger charge is -2.11. The van der Waals surface area contributed by atoms with Gasteiger partial charge >= 0.3 is 0 Å². The minimum Gasteiger partial charge on any atom is -0.309 e. The van der Waals surface area contributed by atoms with Crippen LogP contribution in [0.5, 0.6) is 0 Å². The summed E-state index contributed by atoms with van der Waals surface area (Å²) in [5.41, 5.74) is 9.41. The maximum absolute atomic E-state index is 5.05. The zero-order valence-corrected chi connectivity index (χ0v) is 26.7. The van der Waals surface area contributed by atoms with Crippen molar-refractivity contribution in [1.29, 1.82) is 0 Å². The lowest BCUT2D eigenvalue weighted by molar-refractivity contribution is 0.951. The average Bonchev–Trinajstić information content (AvgIpc) is 3.71. The van der Waals surface area contributed by atoms with Gasteiger partial charge in [-0.1, -0.05) is 91.0 Å². The molecular formula is C43H27N7. The van der Waals surface area contributed by atoms with E-state index in [1.807, 2.05) is 91.5 Å². The standard InChI is InChI=1S/C43H27N7/c1-4-10-28(11-5-1)41-46-42(29-12-6-2-7-13-29)48-43(47-41)50-38-19-17-30(24-34(38)33-20-22-45-27-40(33)50)31-16-18-37-35(25-31)36-26-44-23-21-39(36)49(37)32-14-8-3-9-15-32/h1-27H. The molecule has 0 saturated carbocycles. The van der Waals surface area contributed by atoms with Gasteiger partial charge in [-0.3, -0.25) is 14.5 Å². The summed E-state index contributed by atoms with van der Waals surface area (Å²) in [4.78, 5) is 24.0. The molecule has 5 aromatic carbocycles. The largest absolute Gasteiger partial charge is 0.309 e. The van der Waals surface area contributed by atoms with Crippen molar-refractivity contribution in [3.05, 3.63) is 164 Å². The van der Waals surface area contributed by atoms with Gasteiger partial charge < -0.3 is 4.57 Å². The van der Waals surface area contributed by atoms with Crippen molar-refractivity contribution in [2.75, 3.05) is 0 Å². The Morgan fingerprint density at radius 3 is 1.56 bits per heavy atom. The molecule has 10 aromatic rings. The van der Waals surface area contributed by atoms with E-state index in [4.69, 9.17) is 15.0 Å². The quantitative estimate of drug-likeness (QED) is 0.187. The molecule has 234 valence electrons. The Morgan fingerprint density at radius 2 is 0.900 bits per heavy atom. The van der Waals surface area contributed by atoms with E-state index in [0.29, 0.717) is 17.6 Å². The van der Waals surface area contributed by atoms with Crippen molar-refractivity contribution in [2.45, 2.75) is 0 Å². The van der Waals surface area contributed by atoms with E-state index >= 15 is 0 Å². The van der Waals surface area contributed by atoms with Crippen LogP contribution in [0, 0.1) is 0 Å². The minimum atomic E-state index is 0.543. The molecule has 0 atom stereocenters. The highest BCUT2D eigenvalue weighted by atomic mass is 15.2. The number of hydrogen-bond donors (Lipinski definition) is 0. The van der Waals surface area contributed by atoms with Gasteiger partial charge in [-0.05, 0) is 59.7 Å². The third kappa shape index (κ3) is 4.48. The second-order valence-electron chi connectivity index (χ2n) is 12.3. The van der Waals surface area contributed by atoms with Crippen molar-refractivity contribution in [2.24, 2.45) is 0 Å². The lowest BCUT2D eigenvalue weighted by atomic mass is 10.0. The molecular weight excluding hydrogens is 615 g/mol. The number of aromatic nitrogens is 7. The van der Waals surface area contributed by atoms with E-state index in [9.17, 15) is 0 Å². The molecule has 0 bridgehead atoms. The summed E-state index contributed by atoms with van der Waals surface area (Å²) in [5, 5.41) is 4.45. The van der Waals surface area contributed by atoms with Gasteiger partial charge in [0.05, 0.1) is 28.3 Å². The van der Waals surface area contributed by atoms with Crippen LogP contribution in [0.2, 0.25) is 0 Å². The van der Waals surface area contributed by atoms with Gasteiger partial charge in [-0.15, -0.1) is 0 Å². The minimum absolute atomic E-state index is 0.543. The van der Waals surface area contributed by atoms with E-state index in [0.717, 1.165) is 71.6 Å². The van der Waals surface area contributed by atoms with Crippen LogP contribution in [0.25, 0.3) is 89.2 Å². The molecule has 10 rings (SSSR count). The summed E-state index contributed by atoms with van der Waals surface area (Å²) in [6, 6.07) is 48.1. The number of hydrogen-bond acceptors (Lipinski definition) is 5. The van der Waals surface area contributed by atoms with Gasteiger partial charge in [0.25, 0.3) is 0 Å². The fourth-order valence-electron chi connectivity index (χ4n) is 7.06. The maximum Gasteiger partial charge on any atom is 0.238 e. The predicted octanol–water partition coefficient (Wildman–Crippen LogP) is 9.86. The van der Waals surface area contributed by atoms with E-state index in [1.165, 1.54) is 0 Å². The zero-order chi connectivity index (χ0) is 33.0. The first kappa shape index (κ1) is 28.1. The molecule has 0 aliphatic carbocycles. The first-order valence-electron chi connectivity index (χ1n) is 16.5. The first-order chi connectivity index (χ1) is 24.8. The summed E-state index contributed by atoms with van der Waals surface area (Å²) in [7, 11) is 0. The number of fused-ring (bicyclic) bond motifs is 6. The third-order valence-corrected chi connectivity index (χ3v) is 9.37. The van der Waals surface area contributed by atoms with E-state index in [1.54, 1.807) is 0 Å². The van der Waals surface area contributed by atoms with Gasteiger partial charge in [0.2, 0.25) is 5.95 Å². The van der Waals surface area contributed by atoms with Crippen molar-refractivity contribution in [3.8, 4) is 45.5 Å². The van der Waals surface area contributed by atoms with Crippen molar-refractivity contribution >= 4 is 43.6 Å². The van der Waals surface area contributed by atoms with Crippen LogP contribution in [0.4, 0.5) is 0 Å².